The Morgan fingerprint density at radius 3 is 2.56 bits per heavy atom. The van der Waals surface area contributed by atoms with Gasteiger partial charge in [-0.3, -0.25) is 14.6 Å². The van der Waals surface area contributed by atoms with E-state index in [1.165, 1.54) is 5.56 Å². The molecule has 3 heterocycles. The highest BCUT2D eigenvalue weighted by Crippen LogP contribution is 2.23. The maximum Gasteiger partial charge on any atom is 0.287 e. The Morgan fingerprint density at radius 1 is 0.969 bits per heavy atom. The van der Waals surface area contributed by atoms with Gasteiger partial charge in [0.05, 0.1) is 5.52 Å². The zero-order valence-corrected chi connectivity index (χ0v) is 18.4. The molecule has 1 saturated heterocycles. The van der Waals surface area contributed by atoms with Gasteiger partial charge in [0.2, 0.25) is 5.71 Å². The van der Waals surface area contributed by atoms with Crippen molar-refractivity contribution in [2.24, 2.45) is 0 Å². The molecule has 0 atom stereocenters. The largest absolute Gasteiger partial charge is 0.433 e. The van der Waals surface area contributed by atoms with Crippen molar-refractivity contribution in [3.05, 3.63) is 77.6 Å². The van der Waals surface area contributed by atoms with Gasteiger partial charge in [-0.25, -0.2) is 4.98 Å². The van der Waals surface area contributed by atoms with E-state index in [1.54, 1.807) is 6.07 Å². The summed E-state index contributed by atoms with van der Waals surface area (Å²) in [6.07, 6.45) is 0. The Kier molecular flexibility index (Phi) is 5.88. The quantitative estimate of drug-likeness (QED) is 0.506. The second-order valence-corrected chi connectivity index (χ2v) is 8.55. The van der Waals surface area contributed by atoms with Crippen LogP contribution in [0.25, 0.3) is 22.0 Å². The van der Waals surface area contributed by atoms with Crippen LogP contribution in [0.4, 0.5) is 0 Å². The van der Waals surface area contributed by atoms with Crippen LogP contribution in [0.1, 0.15) is 21.7 Å². The van der Waals surface area contributed by atoms with Gasteiger partial charge < -0.3 is 9.73 Å². The molecule has 6 heteroatoms. The number of carbonyl (C=O) groups excluding carboxylic acids is 1. The van der Waals surface area contributed by atoms with E-state index in [2.05, 4.69) is 56.5 Å². The first kappa shape index (κ1) is 20.7. The number of piperazine rings is 1. The van der Waals surface area contributed by atoms with E-state index in [-0.39, 0.29) is 5.91 Å². The number of pyridine rings is 1. The van der Waals surface area contributed by atoms with E-state index in [0.717, 1.165) is 61.1 Å². The minimum Gasteiger partial charge on any atom is -0.433 e. The van der Waals surface area contributed by atoms with Crippen molar-refractivity contribution in [3.63, 3.8) is 0 Å². The summed E-state index contributed by atoms with van der Waals surface area (Å²) in [5, 5.41) is 4.89. The molecule has 6 nitrogen and oxygen atoms in total. The smallest absolute Gasteiger partial charge is 0.287 e. The number of nitrogens with zero attached hydrogens (tertiary/aromatic N) is 3. The summed E-state index contributed by atoms with van der Waals surface area (Å²) in [6, 6.07) is 20.5. The fourth-order valence-electron chi connectivity index (χ4n) is 4.27. The van der Waals surface area contributed by atoms with Gasteiger partial charge in [0.15, 0.2) is 5.76 Å². The number of amides is 1. The van der Waals surface area contributed by atoms with E-state index >= 15 is 0 Å². The molecule has 0 radical (unpaired) electrons. The monoisotopic (exact) mass is 428 g/mol. The number of aryl methyl sites for hydroxylation is 1. The van der Waals surface area contributed by atoms with Gasteiger partial charge >= 0.3 is 0 Å². The maximum absolute atomic E-state index is 12.6. The molecule has 0 unspecified atom stereocenters. The van der Waals surface area contributed by atoms with Crippen LogP contribution in [-0.4, -0.2) is 60.0 Å². The molecule has 1 fully saturated rings. The zero-order valence-electron chi connectivity index (χ0n) is 18.4. The molecule has 2 aromatic carbocycles. The third-order valence-electron chi connectivity index (χ3n) is 6.11. The summed E-state index contributed by atoms with van der Waals surface area (Å²) >= 11 is 0. The third kappa shape index (κ3) is 4.66. The molecule has 1 amide bonds. The van der Waals surface area contributed by atoms with Crippen LogP contribution >= 0.6 is 0 Å². The first-order valence-corrected chi connectivity index (χ1v) is 11.2. The summed E-state index contributed by atoms with van der Waals surface area (Å²) in [5.41, 5.74) is 3.89. The predicted octanol–water partition coefficient (Wildman–Crippen LogP) is 3.84. The van der Waals surface area contributed by atoms with Gasteiger partial charge in [0.25, 0.3) is 5.91 Å². The summed E-state index contributed by atoms with van der Waals surface area (Å²) in [6.45, 7) is 8.61. The van der Waals surface area contributed by atoms with Gasteiger partial charge in [0.1, 0.15) is 0 Å². The van der Waals surface area contributed by atoms with Gasteiger partial charge in [-0.05, 0) is 36.2 Å². The van der Waals surface area contributed by atoms with E-state index in [1.807, 2.05) is 25.1 Å². The number of hydrogen-bond donors (Lipinski definition) is 1. The molecule has 5 rings (SSSR count). The van der Waals surface area contributed by atoms with E-state index in [4.69, 9.17) is 4.42 Å². The SMILES string of the molecule is Cc1ccc2cc3cc(C(=O)NCCN4CCN(Cc5ccccc5)CC4)oc3nc2c1. The predicted molar refractivity (Wildman–Crippen MR) is 127 cm³/mol. The maximum atomic E-state index is 12.6. The molecule has 32 heavy (non-hydrogen) atoms. The standard InChI is InChI=1S/C26H28N4O2/c1-19-7-8-21-16-22-17-24(32-26(22)28-23(21)15-19)25(31)27-9-10-29-11-13-30(14-12-29)18-20-5-3-2-4-6-20/h2-8,15-17H,9-14,18H2,1H3,(H,27,31). The Hall–Kier alpha value is -3.22. The van der Waals surface area contributed by atoms with Crippen LogP contribution < -0.4 is 5.32 Å². The number of hydrogen-bond acceptors (Lipinski definition) is 5. The lowest BCUT2D eigenvalue weighted by atomic mass is 10.1. The van der Waals surface area contributed by atoms with Crippen LogP contribution in [0.5, 0.6) is 0 Å². The molecule has 1 aliphatic rings. The van der Waals surface area contributed by atoms with Crippen molar-refractivity contribution < 1.29 is 9.21 Å². The number of furan rings is 1. The molecule has 1 N–H and O–H groups in total. The normalized spacial score (nSPS) is 15.4. The fourth-order valence-corrected chi connectivity index (χ4v) is 4.27. The van der Waals surface area contributed by atoms with Crippen molar-refractivity contribution in [1.29, 1.82) is 0 Å². The Labute approximate surface area is 187 Å². The molecule has 4 aromatic rings. The van der Waals surface area contributed by atoms with E-state index < -0.39 is 0 Å². The first-order valence-electron chi connectivity index (χ1n) is 11.2. The van der Waals surface area contributed by atoms with E-state index in [0.29, 0.717) is 18.0 Å². The topological polar surface area (TPSA) is 61.6 Å². The van der Waals surface area contributed by atoms with Crippen molar-refractivity contribution >= 4 is 27.9 Å². The summed E-state index contributed by atoms with van der Waals surface area (Å²) in [4.78, 5) is 22.1. The summed E-state index contributed by atoms with van der Waals surface area (Å²) in [5.74, 6) is 0.123. The first-order chi connectivity index (χ1) is 15.6. The Balaban J connectivity index is 1.12. The molecular weight excluding hydrogens is 400 g/mol. The van der Waals surface area contributed by atoms with Crippen molar-refractivity contribution in [2.45, 2.75) is 13.5 Å². The van der Waals surface area contributed by atoms with Crippen LogP contribution in [0.15, 0.2) is 65.1 Å². The van der Waals surface area contributed by atoms with E-state index in [9.17, 15) is 4.79 Å². The number of carbonyl (C=O) groups is 1. The Bertz CT molecular complexity index is 1230. The number of benzene rings is 2. The average molecular weight is 429 g/mol. The number of fused-ring (bicyclic) bond motifs is 2. The number of rotatable bonds is 6. The molecule has 164 valence electrons. The lowest BCUT2D eigenvalue weighted by molar-refractivity contribution is 0.0909. The highest BCUT2D eigenvalue weighted by molar-refractivity contribution is 5.98. The lowest BCUT2D eigenvalue weighted by Crippen LogP contribution is -2.48. The van der Waals surface area contributed by atoms with Gasteiger partial charge in [-0.15, -0.1) is 0 Å². The van der Waals surface area contributed by atoms with Crippen LogP contribution in [0, 0.1) is 6.92 Å². The summed E-state index contributed by atoms with van der Waals surface area (Å²) < 4.78 is 5.75. The minimum atomic E-state index is -0.189. The second kappa shape index (κ2) is 9.10. The third-order valence-corrected chi connectivity index (χ3v) is 6.11. The van der Waals surface area contributed by atoms with Crippen LogP contribution in [0.2, 0.25) is 0 Å². The highest BCUT2D eigenvalue weighted by Gasteiger charge is 2.18. The molecule has 0 spiro atoms. The van der Waals surface area contributed by atoms with Crippen LogP contribution in [-0.2, 0) is 6.54 Å². The molecule has 2 aromatic heterocycles. The second-order valence-electron chi connectivity index (χ2n) is 8.55. The molecule has 0 bridgehead atoms. The van der Waals surface area contributed by atoms with Crippen LogP contribution in [0.3, 0.4) is 0 Å². The average Bonchev–Trinajstić information content (AvgIpc) is 3.22. The number of nitrogens with one attached hydrogen (secondary N) is 1. The van der Waals surface area contributed by atoms with Crippen molar-refractivity contribution in [2.75, 3.05) is 39.3 Å². The summed E-state index contributed by atoms with van der Waals surface area (Å²) in [7, 11) is 0. The zero-order chi connectivity index (χ0) is 21.9. The Morgan fingerprint density at radius 2 is 1.75 bits per heavy atom. The van der Waals surface area contributed by atoms with Crippen molar-refractivity contribution in [3.8, 4) is 0 Å². The molecule has 0 saturated carbocycles. The molecular formula is C26H28N4O2. The lowest BCUT2D eigenvalue weighted by Gasteiger charge is -2.34. The highest BCUT2D eigenvalue weighted by atomic mass is 16.4. The molecule has 0 aliphatic carbocycles. The molecule has 1 aliphatic heterocycles. The fraction of sp³-hybridized carbons (Fsp3) is 0.308. The number of aromatic nitrogens is 1. The van der Waals surface area contributed by atoms with Crippen molar-refractivity contribution in [1.82, 2.24) is 20.1 Å². The van der Waals surface area contributed by atoms with Gasteiger partial charge in [0, 0.05) is 56.6 Å². The minimum absolute atomic E-state index is 0.189. The van der Waals surface area contributed by atoms with Gasteiger partial charge in [-0.2, -0.15) is 0 Å². The van der Waals surface area contributed by atoms with Gasteiger partial charge in [-0.1, -0.05) is 42.5 Å².